The van der Waals surface area contributed by atoms with Crippen molar-refractivity contribution in [1.82, 2.24) is 4.90 Å². The minimum atomic E-state index is -0.540. The minimum Gasteiger partial charge on any atom is -0.483 e. The zero-order valence-electron chi connectivity index (χ0n) is 13.9. The fourth-order valence-corrected chi connectivity index (χ4v) is 2.40. The van der Waals surface area contributed by atoms with Gasteiger partial charge in [0.05, 0.1) is 6.54 Å². The van der Waals surface area contributed by atoms with Crippen LogP contribution in [0.2, 0.25) is 0 Å². The first-order valence-corrected chi connectivity index (χ1v) is 7.84. The van der Waals surface area contributed by atoms with E-state index in [1.54, 1.807) is 0 Å². The number of para-hydroxylation sites is 1. The van der Waals surface area contributed by atoms with Gasteiger partial charge in [0, 0.05) is 11.6 Å². The first kappa shape index (κ1) is 17.5. The van der Waals surface area contributed by atoms with Crippen molar-refractivity contribution in [2.45, 2.75) is 19.9 Å². The van der Waals surface area contributed by atoms with E-state index in [2.05, 4.69) is 0 Å². The molecule has 24 heavy (non-hydrogen) atoms. The molecule has 2 amide bonds. The van der Waals surface area contributed by atoms with Crippen LogP contribution in [0.5, 0.6) is 5.75 Å². The number of hydrogen-bond donors (Lipinski definition) is 1. The normalized spacial score (nSPS) is 10.5. The number of primary amides is 1. The lowest BCUT2D eigenvalue weighted by atomic mass is 10.1. The number of nitrogens with two attached hydrogens (primary N) is 1. The molecule has 0 fully saturated rings. The van der Waals surface area contributed by atoms with E-state index < -0.39 is 5.91 Å². The fraction of sp³-hybridized carbons (Fsp3) is 0.263. The zero-order chi connectivity index (χ0) is 17.5. The average molecular weight is 326 g/mol. The van der Waals surface area contributed by atoms with Gasteiger partial charge in [0.2, 0.25) is 5.91 Å². The highest BCUT2D eigenvalue weighted by molar-refractivity contribution is 5.85. The van der Waals surface area contributed by atoms with Gasteiger partial charge >= 0.3 is 0 Å². The molecule has 2 aromatic carbocycles. The zero-order valence-corrected chi connectivity index (χ0v) is 13.9. The van der Waals surface area contributed by atoms with Crippen LogP contribution in [0.1, 0.15) is 13.8 Å². The molecule has 5 nitrogen and oxygen atoms in total. The van der Waals surface area contributed by atoms with E-state index >= 15 is 0 Å². The molecule has 0 heterocycles. The van der Waals surface area contributed by atoms with Crippen LogP contribution in [0.25, 0.3) is 11.1 Å². The summed E-state index contributed by atoms with van der Waals surface area (Å²) in [5, 5.41) is 0. The van der Waals surface area contributed by atoms with Crippen LogP contribution in [-0.2, 0) is 9.59 Å². The van der Waals surface area contributed by atoms with Gasteiger partial charge in [0.1, 0.15) is 5.75 Å². The summed E-state index contributed by atoms with van der Waals surface area (Å²) >= 11 is 0. The van der Waals surface area contributed by atoms with Crippen LogP contribution in [0.3, 0.4) is 0 Å². The smallest absolute Gasteiger partial charge is 0.261 e. The van der Waals surface area contributed by atoms with Gasteiger partial charge in [-0.3, -0.25) is 9.59 Å². The van der Waals surface area contributed by atoms with E-state index in [0.29, 0.717) is 5.75 Å². The summed E-state index contributed by atoms with van der Waals surface area (Å²) in [4.78, 5) is 24.9. The highest BCUT2D eigenvalue weighted by Crippen LogP contribution is 2.29. The Balaban J connectivity index is 2.12. The highest BCUT2D eigenvalue weighted by atomic mass is 16.5. The Morgan fingerprint density at radius 3 is 2.29 bits per heavy atom. The topological polar surface area (TPSA) is 72.6 Å². The summed E-state index contributed by atoms with van der Waals surface area (Å²) < 4.78 is 5.72. The number of carbonyl (C=O) groups is 2. The molecule has 0 radical (unpaired) electrons. The molecule has 0 aromatic heterocycles. The maximum Gasteiger partial charge on any atom is 0.261 e. The van der Waals surface area contributed by atoms with Crippen molar-refractivity contribution >= 4 is 11.8 Å². The van der Waals surface area contributed by atoms with Crippen LogP contribution in [0, 0.1) is 0 Å². The molecule has 0 unspecified atom stereocenters. The lowest BCUT2D eigenvalue weighted by Crippen LogP contribution is -2.44. The second-order valence-corrected chi connectivity index (χ2v) is 5.73. The van der Waals surface area contributed by atoms with E-state index in [0.717, 1.165) is 11.1 Å². The first-order chi connectivity index (χ1) is 11.5. The average Bonchev–Trinajstić information content (AvgIpc) is 2.58. The maximum absolute atomic E-state index is 12.3. The molecule has 2 rings (SSSR count). The molecule has 0 aliphatic carbocycles. The van der Waals surface area contributed by atoms with Crippen LogP contribution in [0.4, 0.5) is 0 Å². The van der Waals surface area contributed by atoms with Crippen molar-refractivity contribution in [3.8, 4) is 16.9 Å². The largest absolute Gasteiger partial charge is 0.483 e. The Kier molecular flexibility index (Phi) is 5.95. The molecule has 0 atom stereocenters. The Morgan fingerprint density at radius 2 is 1.67 bits per heavy atom. The van der Waals surface area contributed by atoms with E-state index in [1.165, 1.54) is 4.90 Å². The summed E-state index contributed by atoms with van der Waals surface area (Å²) in [6.07, 6.45) is 0. The Hall–Kier alpha value is -2.82. The molecular formula is C19H22N2O3. The van der Waals surface area contributed by atoms with Crippen molar-refractivity contribution in [3.63, 3.8) is 0 Å². The second-order valence-electron chi connectivity index (χ2n) is 5.73. The summed E-state index contributed by atoms with van der Waals surface area (Å²) in [5.41, 5.74) is 7.13. The standard InChI is InChI=1S/C19H22N2O3/c1-14(2)21(12-18(20)22)19(23)13-24-17-11-7-6-10-16(17)15-8-4-3-5-9-15/h3-11,14H,12-13H2,1-2H3,(H2,20,22). The van der Waals surface area contributed by atoms with E-state index in [1.807, 2.05) is 68.4 Å². The Labute approximate surface area is 142 Å². The first-order valence-electron chi connectivity index (χ1n) is 7.84. The molecule has 5 heteroatoms. The SMILES string of the molecule is CC(C)N(CC(N)=O)C(=O)COc1ccccc1-c1ccccc1. The fourth-order valence-electron chi connectivity index (χ4n) is 2.40. The van der Waals surface area contributed by atoms with Crippen molar-refractivity contribution in [1.29, 1.82) is 0 Å². The van der Waals surface area contributed by atoms with Crippen molar-refractivity contribution < 1.29 is 14.3 Å². The number of rotatable bonds is 7. The van der Waals surface area contributed by atoms with Crippen LogP contribution >= 0.6 is 0 Å². The summed E-state index contributed by atoms with van der Waals surface area (Å²) in [6, 6.07) is 17.2. The molecule has 126 valence electrons. The van der Waals surface area contributed by atoms with Gasteiger partial charge in [-0.05, 0) is 25.5 Å². The highest BCUT2D eigenvalue weighted by Gasteiger charge is 2.19. The Bertz CT molecular complexity index is 699. The predicted octanol–water partition coefficient (Wildman–Crippen LogP) is 2.45. The number of ether oxygens (including phenoxy) is 1. The monoisotopic (exact) mass is 326 g/mol. The van der Waals surface area contributed by atoms with Gasteiger partial charge in [-0.2, -0.15) is 0 Å². The minimum absolute atomic E-state index is 0.111. The lowest BCUT2D eigenvalue weighted by molar-refractivity contribution is -0.138. The summed E-state index contributed by atoms with van der Waals surface area (Å²) in [7, 11) is 0. The number of amides is 2. The molecule has 0 aliphatic heterocycles. The van der Waals surface area contributed by atoms with E-state index in [-0.39, 0.29) is 25.1 Å². The van der Waals surface area contributed by atoms with Gasteiger partial charge < -0.3 is 15.4 Å². The van der Waals surface area contributed by atoms with Crippen molar-refractivity contribution in [2.24, 2.45) is 5.73 Å². The van der Waals surface area contributed by atoms with Gasteiger partial charge in [0.25, 0.3) is 5.91 Å². The number of hydrogen-bond acceptors (Lipinski definition) is 3. The number of nitrogens with zero attached hydrogens (tertiary/aromatic N) is 1. The van der Waals surface area contributed by atoms with Crippen LogP contribution < -0.4 is 10.5 Å². The molecule has 0 bridgehead atoms. The third-order valence-electron chi connectivity index (χ3n) is 3.59. The third kappa shape index (κ3) is 4.59. The van der Waals surface area contributed by atoms with Crippen molar-refractivity contribution in [3.05, 3.63) is 54.6 Å². The number of benzene rings is 2. The summed E-state index contributed by atoms with van der Waals surface area (Å²) in [6.45, 7) is 3.41. The van der Waals surface area contributed by atoms with Gasteiger partial charge in [-0.25, -0.2) is 0 Å². The van der Waals surface area contributed by atoms with Crippen LogP contribution in [0.15, 0.2) is 54.6 Å². The summed E-state index contributed by atoms with van der Waals surface area (Å²) in [5.74, 6) is -0.187. The third-order valence-corrected chi connectivity index (χ3v) is 3.59. The van der Waals surface area contributed by atoms with Gasteiger partial charge in [-0.15, -0.1) is 0 Å². The van der Waals surface area contributed by atoms with E-state index in [9.17, 15) is 9.59 Å². The molecule has 2 aromatic rings. The van der Waals surface area contributed by atoms with Gasteiger partial charge in [-0.1, -0.05) is 48.5 Å². The molecular weight excluding hydrogens is 304 g/mol. The molecule has 0 saturated carbocycles. The van der Waals surface area contributed by atoms with Crippen molar-refractivity contribution in [2.75, 3.05) is 13.2 Å². The Morgan fingerprint density at radius 1 is 1.04 bits per heavy atom. The molecule has 2 N–H and O–H groups in total. The molecule has 0 spiro atoms. The van der Waals surface area contributed by atoms with Gasteiger partial charge in [0.15, 0.2) is 6.61 Å². The maximum atomic E-state index is 12.3. The van der Waals surface area contributed by atoms with Crippen LogP contribution in [-0.4, -0.2) is 35.9 Å². The molecule has 0 aliphatic rings. The predicted molar refractivity (Wildman–Crippen MR) is 93.4 cm³/mol. The second kappa shape index (κ2) is 8.15. The quantitative estimate of drug-likeness (QED) is 0.849. The lowest BCUT2D eigenvalue weighted by Gasteiger charge is -2.25. The molecule has 0 saturated heterocycles. The van der Waals surface area contributed by atoms with E-state index in [4.69, 9.17) is 10.5 Å². The number of carbonyl (C=O) groups excluding carboxylic acids is 2.